The van der Waals surface area contributed by atoms with Crippen molar-refractivity contribution in [3.05, 3.63) is 22.7 Å². The molecule has 0 aliphatic heterocycles. The molecule has 0 unspecified atom stereocenters. The molecule has 0 radical (unpaired) electrons. The minimum Gasteiger partial charge on any atom is -0.493 e. The number of methoxy groups -OCH3 is 1. The molecule has 0 atom stereocenters. The van der Waals surface area contributed by atoms with Gasteiger partial charge in [0.1, 0.15) is 0 Å². The van der Waals surface area contributed by atoms with Crippen LogP contribution in [-0.4, -0.2) is 13.7 Å². The van der Waals surface area contributed by atoms with E-state index in [0.29, 0.717) is 29.7 Å². The summed E-state index contributed by atoms with van der Waals surface area (Å²) >= 11 is 6.23. The summed E-state index contributed by atoms with van der Waals surface area (Å²) in [4.78, 5) is 0. The maximum atomic E-state index is 6.23. The van der Waals surface area contributed by atoms with Crippen molar-refractivity contribution in [1.82, 2.24) is 0 Å². The van der Waals surface area contributed by atoms with E-state index >= 15 is 0 Å². The van der Waals surface area contributed by atoms with Crippen LogP contribution in [0.5, 0.6) is 11.5 Å². The summed E-state index contributed by atoms with van der Waals surface area (Å²) in [5.74, 6) is 1.29. The highest BCUT2D eigenvalue weighted by Gasteiger charge is 2.11. The molecular weight excluding hydrogens is 286 g/mol. The van der Waals surface area contributed by atoms with Crippen LogP contribution in [0, 0.1) is 0 Å². The Labute approximate surface area is 133 Å². The van der Waals surface area contributed by atoms with Crippen molar-refractivity contribution < 1.29 is 9.47 Å². The van der Waals surface area contributed by atoms with Crippen molar-refractivity contribution in [2.24, 2.45) is 5.73 Å². The van der Waals surface area contributed by atoms with Gasteiger partial charge in [-0.1, -0.05) is 57.0 Å². The topological polar surface area (TPSA) is 44.5 Å². The number of unbranched alkanes of at least 4 members (excludes halogenated alkanes) is 6. The minimum atomic E-state index is 0.439. The quantitative estimate of drug-likeness (QED) is 0.589. The second kappa shape index (κ2) is 10.7. The molecule has 0 aliphatic rings. The van der Waals surface area contributed by atoms with Crippen molar-refractivity contribution in [3.8, 4) is 11.5 Å². The fourth-order valence-corrected chi connectivity index (χ4v) is 2.55. The van der Waals surface area contributed by atoms with Gasteiger partial charge in [0.2, 0.25) is 0 Å². The molecule has 0 saturated carbocycles. The largest absolute Gasteiger partial charge is 0.493 e. The average Bonchev–Trinajstić information content (AvgIpc) is 2.50. The van der Waals surface area contributed by atoms with Crippen LogP contribution in [0.15, 0.2) is 12.1 Å². The predicted octanol–water partition coefficient (Wildman–Crippen LogP) is 4.94. The van der Waals surface area contributed by atoms with E-state index < -0.39 is 0 Å². The third kappa shape index (κ3) is 6.58. The van der Waals surface area contributed by atoms with Crippen molar-refractivity contribution in [2.75, 3.05) is 13.7 Å². The van der Waals surface area contributed by atoms with E-state index in [9.17, 15) is 0 Å². The zero-order valence-corrected chi connectivity index (χ0v) is 14.0. The van der Waals surface area contributed by atoms with Crippen molar-refractivity contribution in [3.63, 3.8) is 0 Å². The third-order valence-electron chi connectivity index (χ3n) is 3.52. The summed E-state index contributed by atoms with van der Waals surface area (Å²) in [6.45, 7) is 3.35. The monoisotopic (exact) mass is 313 g/mol. The molecule has 0 fully saturated rings. The van der Waals surface area contributed by atoms with E-state index in [-0.39, 0.29) is 0 Å². The summed E-state index contributed by atoms with van der Waals surface area (Å²) in [7, 11) is 1.62. The van der Waals surface area contributed by atoms with Gasteiger partial charge in [-0.2, -0.15) is 0 Å². The second-order valence-corrected chi connectivity index (χ2v) is 5.69. The van der Waals surface area contributed by atoms with Gasteiger partial charge < -0.3 is 15.2 Å². The van der Waals surface area contributed by atoms with Gasteiger partial charge in [0.25, 0.3) is 0 Å². The molecule has 0 aromatic heterocycles. The number of halogens is 1. The molecule has 0 heterocycles. The first-order chi connectivity index (χ1) is 10.2. The van der Waals surface area contributed by atoms with Crippen molar-refractivity contribution in [2.45, 2.75) is 58.4 Å². The lowest BCUT2D eigenvalue weighted by molar-refractivity contribution is 0.284. The van der Waals surface area contributed by atoms with Gasteiger partial charge in [-0.05, 0) is 24.1 Å². The molecule has 0 bridgehead atoms. The van der Waals surface area contributed by atoms with Crippen LogP contribution in [0.1, 0.15) is 57.4 Å². The van der Waals surface area contributed by atoms with Crippen LogP contribution < -0.4 is 15.2 Å². The summed E-state index contributed by atoms with van der Waals surface area (Å²) in [5, 5.41) is 0.567. The molecule has 0 aliphatic carbocycles. The first-order valence-corrected chi connectivity index (χ1v) is 8.30. The lowest BCUT2D eigenvalue weighted by Crippen LogP contribution is -2.02. The van der Waals surface area contributed by atoms with E-state index in [0.717, 1.165) is 12.0 Å². The first kappa shape index (κ1) is 18.1. The Kier molecular flexibility index (Phi) is 9.27. The van der Waals surface area contributed by atoms with Gasteiger partial charge in [-0.15, -0.1) is 0 Å². The van der Waals surface area contributed by atoms with E-state index in [2.05, 4.69) is 6.92 Å². The molecule has 1 aromatic carbocycles. The molecule has 4 heteroatoms. The zero-order valence-electron chi connectivity index (χ0n) is 13.3. The molecule has 21 heavy (non-hydrogen) atoms. The number of ether oxygens (including phenoxy) is 2. The molecule has 1 rings (SSSR count). The van der Waals surface area contributed by atoms with Gasteiger partial charge in [-0.25, -0.2) is 0 Å². The molecule has 120 valence electrons. The average molecular weight is 314 g/mol. The minimum absolute atomic E-state index is 0.439. The number of benzene rings is 1. The van der Waals surface area contributed by atoms with Gasteiger partial charge in [0.05, 0.1) is 18.7 Å². The number of hydrogen-bond acceptors (Lipinski definition) is 3. The Morgan fingerprint density at radius 1 is 1.05 bits per heavy atom. The molecule has 0 spiro atoms. The standard InChI is InChI=1S/C17H28ClNO2/c1-3-4-5-6-7-8-9-10-21-17-15(18)11-14(13-19)12-16(17)20-2/h11-12H,3-10,13,19H2,1-2H3. The molecule has 2 N–H and O–H groups in total. The van der Waals surface area contributed by atoms with Gasteiger partial charge >= 0.3 is 0 Å². The van der Waals surface area contributed by atoms with Gasteiger partial charge in [-0.3, -0.25) is 0 Å². The highest BCUT2D eigenvalue weighted by Crippen LogP contribution is 2.36. The number of nitrogens with two attached hydrogens (primary N) is 1. The smallest absolute Gasteiger partial charge is 0.179 e. The van der Waals surface area contributed by atoms with E-state index in [1.807, 2.05) is 12.1 Å². The predicted molar refractivity (Wildman–Crippen MR) is 89.4 cm³/mol. The second-order valence-electron chi connectivity index (χ2n) is 5.28. The van der Waals surface area contributed by atoms with Crippen LogP contribution >= 0.6 is 11.6 Å². The normalized spacial score (nSPS) is 10.7. The molecular formula is C17H28ClNO2. The van der Waals surface area contributed by atoms with Gasteiger partial charge in [0.15, 0.2) is 11.5 Å². The Balaban J connectivity index is 2.34. The summed E-state index contributed by atoms with van der Waals surface area (Å²) in [5.41, 5.74) is 6.57. The van der Waals surface area contributed by atoms with E-state index in [1.165, 1.54) is 38.5 Å². The van der Waals surface area contributed by atoms with Crippen LogP contribution in [0.3, 0.4) is 0 Å². The van der Waals surface area contributed by atoms with Crippen molar-refractivity contribution >= 4 is 11.6 Å². The zero-order chi connectivity index (χ0) is 15.5. The van der Waals surface area contributed by atoms with Crippen LogP contribution in [0.4, 0.5) is 0 Å². The van der Waals surface area contributed by atoms with Crippen LogP contribution in [-0.2, 0) is 6.54 Å². The van der Waals surface area contributed by atoms with E-state index in [1.54, 1.807) is 7.11 Å². The highest BCUT2D eigenvalue weighted by molar-refractivity contribution is 6.32. The number of hydrogen-bond donors (Lipinski definition) is 1. The fourth-order valence-electron chi connectivity index (χ4n) is 2.26. The molecule has 1 aromatic rings. The fraction of sp³-hybridized carbons (Fsp3) is 0.647. The Bertz CT molecular complexity index is 410. The number of rotatable bonds is 11. The molecule has 0 saturated heterocycles. The third-order valence-corrected chi connectivity index (χ3v) is 3.80. The SMILES string of the molecule is CCCCCCCCCOc1c(Cl)cc(CN)cc1OC. The lowest BCUT2D eigenvalue weighted by atomic mass is 10.1. The van der Waals surface area contributed by atoms with Crippen LogP contribution in [0.2, 0.25) is 5.02 Å². The van der Waals surface area contributed by atoms with Crippen LogP contribution in [0.25, 0.3) is 0 Å². The summed E-state index contributed by atoms with van der Waals surface area (Å²) < 4.78 is 11.1. The Hall–Kier alpha value is -0.930. The Morgan fingerprint density at radius 3 is 2.33 bits per heavy atom. The molecule has 0 amide bonds. The summed E-state index contributed by atoms with van der Waals surface area (Å²) in [6, 6.07) is 3.72. The summed E-state index contributed by atoms with van der Waals surface area (Å²) in [6.07, 6.45) is 8.83. The first-order valence-electron chi connectivity index (χ1n) is 7.92. The van der Waals surface area contributed by atoms with E-state index in [4.69, 9.17) is 26.8 Å². The maximum absolute atomic E-state index is 6.23. The molecule has 3 nitrogen and oxygen atoms in total. The van der Waals surface area contributed by atoms with Crippen molar-refractivity contribution in [1.29, 1.82) is 0 Å². The lowest BCUT2D eigenvalue weighted by Gasteiger charge is -2.13. The van der Waals surface area contributed by atoms with Gasteiger partial charge in [0, 0.05) is 6.54 Å². The Morgan fingerprint density at radius 2 is 1.71 bits per heavy atom. The highest BCUT2D eigenvalue weighted by atomic mass is 35.5. The maximum Gasteiger partial charge on any atom is 0.179 e.